The molecule has 1 fully saturated rings. The smallest absolute Gasteiger partial charge is 0.236 e. The Labute approximate surface area is 176 Å². The first-order valence-corrected chi connectivity index (χ1v) is 10.8. The van der Waals surface area contributed by atoms with Gasteiger partial charge >= 0.3 is 0 Å². The van der Waals surface area contributed by atoms with E-state index in [0.29, 0.717) is 0 Å². The Bertz CT molecular complexity index is 771. The summed E-state index contributed by atoms with van der Waals surface area (Å²) in [4.78, 5) is 16.4. The Morgan fingerprint density at radius 2 is 1.31 bits per heavy atom. The van der Waals surface area contributed by atoms with E-state index in [2.05, 4.69) is 69.1 Å². The van der Waals surface area contributed by atoms with Crippen molar-refractivity contribution < 1.29 is 4.79 Å². The highest BCUT2D eigenvalue weighted by Crippen LogP contribution is 2.47. The molecule has 1 N–H and O–H groups in total. The highest BCUT2D eigenvalue weighted by molar-refractivity contribution is 5.93. The van der Waals surface area contributed by atoms with Gasteiger partial charge in [0.25, 0.3) is 0 Å². The molecule has 29 heavy (non-hydrogen) atoms. The van der Waals surface area contributed by atoms with Gasteiger partial charge in [0, 0.05) is 24.2 Å². The predicted molar refractivity (Wildman–Crippen MR) is 121 cm³/mol. The summed E-state index contributed by atoms with van der Waals surface area (Å²) in [6.45, 7) is 11.6. The fourth-order valence-electron chi connectivity index (χ4n) is 5.96. The summed E-state index contributed by atoms with van der Waals surface area (Å²) in [6.07, 6.45) is 3.48. The first kappa shape index (κ1) is 21.6. The molecule has 1 aliphatic heterocycles. The van der Waals surface area contributed by atoms with E-state index in [9.17, 15) is 4.79 Å². The van der Waals surface area contributed by atoms with Gasteiger partial charge in [-0.25, -0.2) is 0 Å². The number of carbonyl (C=O) groups is 1. The lowest BCUT2D eigenvalue weighted by molar-refractivity contribution is -0.132. The Morgan fingerprint density at radius 1 is 0.897 bits per heavy atom. The third kappa shape index (κ3) is 3.61. The monoisotopic (exact) mass is 392 g/mol. The van der Waals surface area contributed by atoms with Gasteiger partial charge in [-0.3, -0.25) is 9.69 Å². The number of carbonyl (C=O) groups excluding carboxylic acids is 1. The van der Waals surface area contributed by atoms with Crippen LogP contribution in [0.1, 0.15) is 65.0 Å². The zero-order valence-corrected chi connectivity index (χ0v) is 18.8. The quantitative estimate of drug-likeness (QED) is 0.763. The number of benzene rings is 2. The van der Waals surface area contributed by atoms with Crippen molar-refractivity contribution in [2.75, 3.05) is 7.05 Å². The van der Waals surface area contributed by atoms with Crippen LogP contribution in [0.2, 0.25) is 0 Å². The number of rotatable bonds is 5. The molecule has 1 unspecified atom stereocenters. The van der Waals surface area contributed by atoms with Gasteiger partial charge in [-0.1, -0.05) is 60.7 Å². The molecule has 2 aromatic carbocycles. The topological polar surface area (TPSA) is 32.3 Å². The molecule has 1 amide bonds. The Morgan fingerprint density at radius 3 is 1.69 bits per heavy atom. The van der Waals surface area contributed by atoms with Crippen molar-refractivity contribution in [2.24, 2.45) is 0 Å². The van der Waals surface area contributed by atoms with Crippen LogP contribution in [0.3, 0.4) is 0 Å². The number of nitrogens with one attached hydrogen (secondary N) is 1. The van der Waals surface area contributed by atoms with Crippen LogP contribution < -0.4 is 5.32 Å². The van der Waals surface area contributed by atoms with Gasteiger partial charge in [-0.15, -0.1) is 0 Å². The molecule has 0 bridgehead atoms. The van der Waals surface area contributed by atoms with Crippen LogP contribution in [0.4, 0.5) is 0 Å². The Hall–Kier alpha value is -2.13. The predicted octanol–water partition coefficient (Wildman–Crippen LogP) is 5.15. The molecular weight excluding hydrogens is 356 g/mol. The maximum Gasteiger partial charge on any atom is 0.236 e. The van der Waals surface area contributed by atoms with E-state index in [-0.39, 0.29) is 23.0 Å². The minimum absolute atomic E-state index is 0.00397. The van der Waals surface area contributed by atoms with E-state index in [1.165, 1.54) is 6.42 Å². The Kier molecular flexibility index (Phi) is 5.91. The first-order chi connectivity index (χ1) is 13.7. The first-order valence-electron chi connectivity index (χ1n) is 10.8. The highest BCUT2D eigenvalue weighted by Gasteiger charge is 2.55. The molecule has 0 aliphatic carbocycles. The second-order valence-electron chi connectivity index (χ2n) is 9.64. The summed E-state index contributed by atoms with van der Waals surface area (Å²) in [5.41, 5.74) is 1.28. The number of likely N-dealkylation sites (tertiary alicyclic amines) is 1. The molecule has 0 spiro atoms. The van der Waals surface area contributed by atoms with Crippen LogP contribution in [0, 0.1) is 0 Å². The molecule has 3 nitrogen and oxygen atoms in total. The molecule has 0 radical (unpaired) electrons. The Balaban J connectivity index is 2.31. The van der Waals surface area contributed by atoms with E-state index < -0.39 is 5.41 Å². The van der Waals surface area contributed by atoms with E-state index in [0.717, 1.165) is 24.0 Å². The number of hydrogen-bond acceptors (Lipinski definition) is 2. The van der Waals surface area contributed by atoms with E-state index >= 15 is 0 Å². The van der Waals surface area contributed by atoms with Crippen LogP contribution in [-0.4, -0.2) is 35.0 Å². The van der Waals surface area contributed by atoms with E-state index in [4.69, 9.17) is 0 Å². The molecule has 156 valence electrons. The standard InChI is InChI=1S/C26H36N2O/c1-20(28-24(2,3)18-13-19-25(28,4)5)26(23(29)27-6,21-14-9-7-10-15-21)22-16-11-8-12-17-22/h7-12,14-17,20H,13,18-19H2,1-6H3,(H,27,29). The van der Waals surface area contributed by atoms with Crippen molar-refractivity contribution >= 4 is 5.91 Å². The summed E-state index contributed by atoms with van der Waals surface area (Å²) in [6, 6.07) is 20.5. The normalized spacial score (nSPS) is 20.1. The molecule has 1 saturated heterocycles. The third-order valence-electron chi connectivity index (χ3n) is 6.94. The largest absolute Gasteiger partial charge is 0.358 e. The van der Waals surface area contributed by atoms with Gasteiger partial charge in [0.05, 0.1) is 0 Å². The minimum atomic E-state index is -0.802. The van der Waals surface area contributed by atoms with E-state index in [1.54, 1.807) is 7.05 Å². The van der Waals surface area contributed by atoms with Crippen LogP contribution in [-0.2, 0) is 10.2 Å². The summed E-state index contributed by atoms with van der Waals surface area (Å²) >= 11 is 0. The van der Waals surface area contributed by atoms with E-state index in [1.807, 2.05) is 36.4 Å². The highest BCUT2D eigenvalue weighted by atomic mass is 16.2. The van der Waals surface area contributed by atoms with Crippen molar-refractivity contribution in [1.82, 2.24) is 10.2 Å². The molecular formula is C26H36N2O. The lowest BCUT2D eigenvalue weighted by atomic mass is 9.65. The minimum Gasteiger partial charge on any atom is -0.358 e. The van der Waals surface area contributed by atoms with Gasteiger partial charge in [0.15, 0.2) is 0 Å². The van der Waals surface area contributed by atoms with Gasteiger partial charge in [0.1, 0.15) is 5.41 Å². The van der Waals surface area contributed by atoms with Crippen LogP contribution >= 0.6 is 0 Å². The molecule has 2 aromatic rings. The third-order valence-corrected chi connectivity index (χ3v) is 6.94. The molecule has 1 aliphatic rings. The summed E-state index contributed by atoms with van der Waals surface area (Å²) < 4.78 is 0. The SMILES string of the molecule is CNC(=O)C(c1ccccc1)(c1ccccc1)C(C)N1C(C)(C)CCCC1(C)C. The maximum absolute atomic E-state index is 13.8. The van der Waals surface area contributed by atoms with Crippen LogP contribution in [0.5, 0.6) is 0 Å². The van der Waals surface area contributed by atoms with Gasteiger partial charge in [-0.05, 0) is 65.0 Å². The van der Waals surface area contributed by atoms with Gasteiger partial charge in [0.2, 0.25) is 5.91 Å². The molecule has 1 heterocycles. The number of likely N-dealkylation sites (N-methyl/N-ethyl adjacent to an activating group) is 1. The fraction of sp³-hybridized carbons (Fsp3) is 0.500. The summed E-state index contributed by atoms with van der Waals surface area (Å²) in [5.74, 6) is 0.0413. The number of piperidine rings is 1. The number of hydrogen-bond donors (Lipinski definition) is 1. The second kappa shape index (κ2) is 7.95. The summed E-state index contributed by atoms with van der Waals surface area (Å²) in [5, 5.41) is 3.01. The molecule has 3 rings (SSSR count). The lowest BCUT2D eigenvalue weighted by Crippen LogP contribution is -2.68. The van der Waals surface area contributed by atoms with Crippen molar-refractivity contribution in [3.63, 3.8) is 0 Å². The van der Waals surface area contributed by atoms with Crippen molar-refractivity contribution in [2.45, 2.75) is 76.4 Å². The van der Waals surface area contributed by atoms with Crippen molar-refractivity contribution in [1.29, 1.82) is 0 Å². The molecule has 3 heteroatoms. The zero-order chi connectivity index (χ0) is 21.3. The van der Waals surface area contributed by atoms with Crippen LogP contribution in [0.25, 0.3) is 0 Å². The fourth-order valence-corrected chi connectivity index (χ4v) is 5.96. The average molecular weight is 393 g/mol. The molecule has 0 aromatic heterocycles. The van der Waals surface area contributed by atoms with Crippen molar-refractivity contribution in [3.8, 4) is 0 Å². The molecule has 1 atom stereocenters. The maximum atomic E-state index is 13.8. The van der Waals surface area contributed by atoms with Gasteiger partial charge in [-0.2, -0.15) is 0 Å². The number of nitrogens with zero attached hydrogens (tertiary/aromatic N) is 1. The zero-order valence-electron chi connectivity index (χ0n) is 18.8. The lowest BCUT2D eigenvalue weighted by Gasteiger charge is -2.59. The van der Waals surface area contributed by atoms with Gasteiger partial charge < -0.3 is 5.32 Å². The summed E-state index contributed by atoms with van der Waals surface area (Å²) in [7, 11) is 1.75. The van der Waals surface area contributed by atoms with Crippen molar-refractivity contribution in [3.05, 3.63) is 71.8 Å². The van der Waals surface area contributed by atoms with Crippen LogP contribution in [0.15, 0.2) is 60.7 Å². The number of amides is 1. The average Bonchev–Trinajstić information content (AvgIpc) is 2.68. The second-order valence-corrected chi connectivity index (χ2v) is 9.64. The molecule has 0 saturated carbocycles.